The molecule has 0 aromatic heterocycles. The standard InChI is InChI=1S/C24H28Cl2O4/c1-15-9-16(12-19(10-15)30-23(27)24(2,3)4)11-18(25)8-7-17-13-22(29-6)20(26)14-21(17)28-5/h8-10,12-14H,7,11H2,1-6H3/b18-8+. The maximum Gasteiger partial charge on any atom is 0.316 e. The molecule has 0 atom stereocenters. The molecule has 4 nitrogen and oxygen atoms in total. The predicted octanol–water partition coefficient (Wildman–Crippen LogP) is 6.53. The minimum atomic E-state index is -0.569. The number of ether oxygens (including phenoxy) is 3. The number of carbonyl (C=O) groups is 1. The highest BCUT2D eigenvalue weighted by Gasteiger charge is 2.23. The lowest BCUT2D eigenvalue weighted by atomic mass is 9.97. The van der Waals surface area contributed by atoms with Crippen LogP contribution in [0.15, 0.2) is 41.4 Å². The summed E-state index contributed by atoms with van der Waals surface area (Å²) in [4.78, 5) is 12.2. The highest BCUT2D eigenvalue weighted by Crippen LogP contribution is 2.33. The Morgan fingerprint density at radius 1 is 1.03 bits per heavy atom. The number of carbonyl (C=O) groups excluding carboxylic acids is 1. The number of esters is 1. The van der Waals surface area contributed by atoms with E-state index in [2.05, 4.69) is 0 Å². The lowest BCUT2D eigenvalue weighted by molar-refractivity contribution is -0.142. The molecule has 0 radical (unpaired) electrons. The molecule has 162 valence electrons. The van der Waals surface area contributed by atoms with Crippen molar-refractivity contribution in [1.82, 2.24) is 0 Å². The molecule has 2 aromatic rings. The van der Waals surface area contributed by atoms with E-state index in [1.807, 2.05) is 58.0 Å². The first-order valence-electron chi connectivity index (χ1n) is 9.61. The van der Waals surface area contributed by atoms with Gasteiger partial charge in [-0.3, -0.25) is 4.79 Å². The molecule has 0 spiro atoms. The second-order valence-corrected chi connectivity index (χ2v) is 9.02. The molecule has 2 rings (SSSR count). The van der Waals surface area contributed by atoms with Crippen LogP contribution in [-0.2, 0) is 17.6 Å². The second kappa shape index (κ2) is 10.2. The van der Waals surface area contributed by atoms with Gasteiger partial charge >= 0.3 is 5.97 Å². The first-order valence-corrected chi connectivity index (χ1v) is 10.4. The Hall–Kier alpha value is -2.17. The monoisotopic (exact) mass is 450 g/mol. The van der Waals surface area contributed by atoms with Gasteiger partial charge in [0.25, 0.3) is 0 Å². The van der Waals surface area contributed by atoms with E-state index in [-0.39, 0.29) is 5.97 Å². The minimum Gasteiger partial charge on any atom is -0.496 e. The van der Waals surface area contributed by atoms with Crippen molar-refractivity contribution in [2.24, 2.45) is 5.41 Å². The summed E-state index contributed by atoms with van der Waals surface area (Å²) < 4.78 is 16.2. The molecule has 0 unspecified atom stereocenters. The normalized spacial score (nSPS) is 11.9. The molecule has 0 N–H and O–H groups in total. The maximum absolute atomic E-state index is 12.2. The molecule has 2 aromatic carbocycles. The molecule has 30 heavy (non-hydrogen) atoms. The van der Waals surface area contributed by atoms with E-state index in [4.69, 9.17) is 37.4 Å². The number of rotatable bonds is 7. The molecule has 6 heteroatoms. The average molecular weight is 451 g/mol. The fourth-order valence-electron chi connectivity index (χ4n) is 2.82. The number of benzene rings is 2. The predicted molar refractivity (Wildman–Crippen MR) is 122 cm³/mol. The summed E-state index contributed by atoms with van der Waals surface area (Å²) in [5.41, 5.74) is 2.31. The van der Waals surface area contributed by atoms with Gasteiger partial charge in [0, 0.05) is 23.1 Å². The van der Waals surface area contributed by atoms with Crippen LogP contribution in [-0.4, -0.2) is 20.2 Å². The summed E-state index contributed by atoms with van der Waals surface area (Å²) in [5, 5.41) is 1.16. The van der Waals surface area contributed by atoms with Crippen molar-refractivity contribution in [1.29, 1.82) is 0 Å². The SMILES string of the molecule is COc1cc(C/C=C(/Cl)Cc2cc(C)cc(OC(=O)C(C)(C)C)c2)c(OC)cc1Cl. The maximum atomic E-state index is 12.2. The zero-order valence-corrected chi connectivity index (χ0v) is 19.8. The van der Waals surface area contributed by atoms with Gasteiger partial charge in [0.2, 0.25) is 0 Å². The van der Waals surface area contributed by atoms with Crippen LogP contribution in [0.3, 0.4) is 0 Å². The molecule has 0 heterocycles. The number of hydrogen-bond acceptors (Lipinski definition) is 4. The third kappa shape index (κ3) is 6.68. The molecule has 0 aliphatic carbocycles. The van der Waals surface area contributed by atoms with Crippen LogP contribution < -0.4 is 14.2 Å². The third-order valence-electron chi connectivity index (χ3n) is 4.40. The van der Waals surface area contributed by atoms with E-state index in [9.17, 15) is 4.79 Å². The van der Waals surface area contributed by atoms with Crippen molar-refractivity contribution < 1.29 is 19.0 Å². The van der Waals surface area contributed by atoms with E-state index in [0.717, 1.165) is 16.7 Å². The van der Waals surface area contributed by atoms with Crippen molar-refractivity contribution in [3.63, 3.8) is 0 Å². The van der Waals surface area contributed by atoms with Crippen LogP contribution in [0.25, 0.3) is 0 Å². The molecule has 0 amide bonds. The van der Waals surface area contributed by atoms with Gasteiger partial charge in [-0.05, 0) is 63.4 Å². The molecule has 0 bridgehead atoms. The molecule has 0 saturated heterocycles. The Morgan fingerprint density at radius 2 is 1.70 bits per heavy atom. The smallest absolute Gasteiger partial charge is 0.316 e. The molecule has 0 aliphatic rings. The van der Waals surface area contributed by atoms with Crippen LogP contribution in [0.2, 0.25) is 5.02 Å². The lowest BCUT2D eigenvalue weighted by Gasteiger charge is -2.17. The summed E-state index contributed by atoms with van der Waals surface area (Å²) >= 11 is 12.7. The molecular formula is C24H28Cl2O4. The number of allylic oxidation sites excluding steroid dienone is 2. The van der Waals surface area contributed by atoms with E-state index >= 15 is 0 Å². The van der Waals surface area contributed by atoms with E-state index in [1.165, 1.54) is 0 Å². The summed E-state index contributed by atoms with van der Waals surface area (Å²) in [6, 6.07) is 9.29. The Kier molecular flexibility index (Phi) is 8.22. The zero-order valence-electron chi connectivity index (χ0n) is 18.3. The van der Waals surface area contributed by atoms with Gasteiger partial charge < -0.3 is 14.2 Å². The topological polar surface area (TPSA) is 44.8 Å². The van der Waals surface area contributed by atoms with Crippen molar-refractivity contribution >= 4 is 29.2 Å². The number of aryl methyl sites for hydroxylation is 1. The minimum absolute atomic E-state index is 0.274. The van der Waals surface area contributed by atoms with Gasteiger partial charge in [0.05, 0.1) is 24.7 Å². The quantitative estimate of drug-likeness (QED) is 0.355. The van der Waals surface area contributed by atoms with Crippen LogP contribution in [0.5, 0.6) is 17.2 Å². The molecule has 0 aliphatic heterocycles. The summed E-state index contributed by atoms with van der Waals surface area (Å²) in [7, 11) is 3.17. The van der Waals surface area contributed by atoms with Crippen molar-refractivity contribution in [2.45, 2.75) is 40.5 Å². The highest BCUT2D eigenvalue weighted by atomic mass is 35.5. The number of halogens is 2. The van der Waals surface area contributed by atoms with Crippen molar-refractivity contribution in [3.05, 3.63) is 63.2 Å². The fraction of sp³-hybridized carbons (Fsp3) is 0.375. The molecule has 0 fully saturated rings. The van der Waals surface area contributed by atoms with Gasteiger partial charge in [-0.1, -0.05) is 35.3 Å². The van der Waals surface area contributed by atoms with Crippen LogP contribution in [0.4, 0.5) is 0 Å². The number of hydrogen-bond donors (Lipinski definition) is 0. The fourth-order valence-corrected chi connectivity index (χ4v) is 3.28. The van der Waals surface area contributed by atoms with Crippen LogP contribution in [0, 0.1) is 12.3 Å². The summed E-state index contributed by atoms with van der Waals surface area (Å²) in [6.07, 6.45) is 3.01. The van der Waals surface area contributed by atoms with Gasteiger partial charge in [0.15, 0.2) is 0 Å². The van der Waals surface area contributed by atoms with Crippen LogP contribution in [0.1, 0.15) is 37.5 Å². The largest absolute Gasteiger partial charge is 0.496 e. The molecule has 0 saturated carbocycles. The zero-order chi connectivity index (χ0) is 22.5. The Balaban J connectivity index is 2.17. The summed E-state index contributed by atoms with van der Waals surface area (Å²) in [5.74, 6) is 1.51. The lowest BCUT2D eigenvalue weighted by Crippen LogP contribution is -2.25. The van der Waals surface area contributed by atoms with Gasteiger partial charge in [-0.15, -0.1) is 0 Å². The highest BCUT2D eigenvalue weighted by molar-refractivity contribution is 6.32. The van der Waals surface area contributed by atoms with E-state index in [0.29, 0.717) is 40.1 Å². The van der Waals surface area contributed by atoms with Crippen molar-refractivity contribution in [2.75, 3.05) is 14.2 Å². The van der Waals surface area contributed by atoms with Gasteiger partial charge in [-0.25, -0.2) is 0 Å². The van der Waals surface area contributed by atoms with Gasteiger partial charge in [0.1, 0.15) is 17.2 Å². The Labute approximate surface area is 188 Å². The van der Waals surface area contributed by atoms with E-state index < -0.39 is 5.41 Å². The third-order valence-corrected chi connectivity index (χ3v) is 4.99. The Morgan fingerprint density at radius 3 is 2.30 bits per heavy atom. The first kappa shape index (κ1) is 24.1. The van der Waals surface area contributed by atoms with E-state index in [1.54, 1.807) is 20.3 Å². The van der Waals surface area contributed by atoms with Gasteiger partial charge in [-0.2, -0.15) is 0 Å². The Bertz CT molecular complexity index is 943. The molecular weight excluding hydrogens is 423 g/mol. The first-order chi connectivity index (χ1) is 14.0. The average Bonchev–Trinajstić information content (AvgIpc) is 2.65. The van der Waals surface area contributed by atoms with Crippen molar-refractivity contribution in [3.8, 4) is 17.2 Å². The summed E-state index contributed by atoms with van der Waals surface area (Å²) in [6.45, 7) is 7.43. The number of methoxy groups -OCH3 is 2. The van der Waals surface area contributed by atoms with Crippen LogP contribution >= 0.6 is 23.2 Å². The second-order valence-electron chi connectivity index (χ2n) is 8.12.